The third kappa shape index (κ3) is 5.45. The van der Waals surface area contributed by atoms with Crippen molar-refractivity contribution in [3.8, 4) is 0 Å². The molecule has 0 N–H and O–H groups in total. The Labute approximate surface area is 185 Å². The topological polar surface area (TPSA) is 0 Å². The zero-order chi connectivity index (χ0) is 20.7. The van der Waals surface area contributed by atoms with Crippen molar-refractivity contribution in [3.05, 3.63) is 144 Å². The van der Waals surface area contributed by atoms with Crippen LogP contribution in [-0.4, -0.2) is 11.5 Å². The van der Waals surface area contributed by atoms with E-state index in [-0.39, 0.29) is 0 Å². The van der Waals surface area contributed by atoms with Crippen LogP contribution in [0.2, 0.25) is 0 Å². The van der Waals surface area contributed by atoms with E-state index in [0.29, 0.717) is 0 Å². The first-order chi connectivity index (χ1) is 14.6. The summed E-state index contributed by atoms with van der Waals surface area (Å²) in [6.07, 6.45) is 0. The number of hydrogen-bond acceptors (Lipinski definition) is 0. The molecule has 0 fully saturated rings. The monoisotopic (exact) mass is 474 g/mol. The van der Waals surface area contributed by atoms with Crippen LogP contribution in [-0.2, 0) is 20.8 Å². The molecule has 0 aliphatic heterocycles. The molecule has 0 unspecified atom stereocenters. The first-order valence-electron chi connectivity index (χ1n) is 10.5. The number of benzene rings is 4. The molecule has 0 nitrogen and oxygen atoms in total. The quantitative estimate of drug-likeness (QED) is 0.236. The molecule has 30 heavy (non-hydrogen) atoms. The molecule has 0 saturated heterocycles. The summed E-state index contributed by atoms with van der Waals surface area (Å²) in [5, 5.41) is 3.89. The van der Waals surface area contributed by atoms with Gasteiger partial charge in [0, 0.05) is 0 Å². The van der Waals surface area contributed by atoms with Crippen molar-refractivity contribution in [1.29, 1.82) is 0 Å². The van der Waals surface area contributed by atoms with Gasteiger partial charge in [0.05, 0.1) is 0 Å². The van der Waals surface area contributed by atoms with Gasteiger partial charge in [0.2, 0.25) is 0 Å². The van der Waals surface area contributed by atoms with Crippen molar-refractivity contribution in [2.24, 2.45) is 0 Å². The van der Waals surface area contributed by atoms with Crippen LogP contribution >= 0.6 is 9.95 Å². The van der Waals surface area contributed by atoms with Crippen molar-refractivity contribution in [1.82, 2.24) is 0 Å². The summed E-state index contributed by atoms with van der Waals surface area (Å²) in [6.45, 7) is 0. The van der Waals surface area contributed by atoms with Gasteiger partial charge in [-0.3, -0.25) is 0 Å². The van der Waals surface area contributed by atoms with Crippen LogP contribution in [0.5, 0.6) is 0 Å². The number of halogens is 1. The van der Waals surface area contributed by atoms with Gasteiger partial charge in [0.25, 0.3) is 0 Å². The van der Waals surface area contributed by atoms with Gasteiger partial charge in [-0.15, -0.1) is 0 Å². The van der Waals surface area contributed by atoms with E-state index in [4.69, 9.17) is 9.95 Å². The van der Waals surface area contributed by atoms with E-state index in [1.54, 1.807) is 0 Å². The molecule has 0 saturated carbocycles. The van der Waals surface area contributed by atoms with E-state index in [1.807, 2.05) is 0 Å². The van der Waals surface area contributed by atoms with Crippen LogP contribution in [0.25, 0.3) is 0 Å². The van der Waals surface area contributed by atoms with Crippen molar-refractivity contribution < 1.29 is 0 Å². The first-order valence-corrected chi connectivity index (χ1v) is 18.3. The Balaban J connectivity index is 1.83. The average Bonchev–Trinajstić information content (AvgIpc) is 2.76. The molecule has 0 aromatic heterocycles. The van der Waals surface area contributed by atoms with Crippen LogP contribution < -0.4 is 0 Å². The standard InChI is InChI=1S/C28H28AsCl/c30-29(21-25-13-5-1-6-14-25,22-26-15-7-2-8-16-26,23-27-17-9-3-10-18-27)24-28-19-11-4-12-20-28/h1-20H,21-24H2. The Hall–Kier alpha value is -2.27. The van der Waals surface area contributed by atoms with E-state index >= 15 is 0 Å². The number of rotatable bonds is 8. The molecule has 4 aromatic rings. The molecule has 0 radical (unpaired) electrons. The van der Waals surface area contributed by atoms with Crippen LogP contribution in [0.15, 0.2) is 121 Å². The summed E-state index contributed by atoms with van der Waals surface area (Å²) in [6, 6.07) is 43.3. The van der Waals surface area contributed by atoms with E-state index in [9.17, 15) is 0 Å². The molecule has 152 valence electrons. The molecule has 4 aromatic carbocycles. The molecular weight excluding hydrogens is 447 g/mol. The Bertz CT molecular complexity index is 869. The molecule has 0 amide bonds. The Morgan fingerprint density at radius 3 is 0.767 bits per heavy atom. The van der Waals surface area contributed by atoms with Gasteiger partial charge in [-0.05, 0) is 0 Å². The van der Waals surface area contributed by atoms with Gasteiger partial charge in [-0.1, -0.05) is 0 Å². The molecule has 0 heterocycles. The Morgan fingerprint density at radius 2 is 0.567 bits per heavy atom. The fourth-order valence-corrected chi connectivity index (χ4v) is 18.2. The predicted octanol–water partition coefficient (Wildman–Crippen LogP) is 7.25. The fourth-order valence-electron chi connectivity index (χ4n) is 4.49. The molecule has 2 heteroatoms. The van der Waals surface area contributed by atoms with E-state index in [2.05, 4.69) is 121 Å². The maximum absolute atomic E-state index is 8.12. The van der Waals surface area contributed by atoms with Gasteiger partial charge < -0.3 is 0 Å². The Morgan fingerprint density at radius 1 is 0.367 bits per heavy atom. The van der Waals surface area contributed by atoms with Crippen molar-refractivity contribution in [2.45, 2.75) is 20.8 Å². The van der Waals surface area contributed by atoms with E-state index in [1.165, 1.54) is 22.3 Å². The minimum absolute atomic E-state index is 0.972. The van der Waals surface area contributed by atoms with Crippen molar-refractivity contribution >= 4 is 21.5 Å². The van der Waals surface area contributed by atoms with Gasteiger partial charge in [-0.25, -0.2) is 0 Å². The zero-order valence-corrected chi connectivity index (χ0v) is 19.8. The van der Waals surface area contributed by atoms with Crippen molar-refractivity contribution in [2.75, 3.05) is 0 Å². The molecule has 0 atom stereocenters. The van der Waals surface area contributed by atoms with Gasteiger partial charge in [0.15, 0.2) is 0 Å². The molecule has 4 rings (SSSR count). The van der Waals surface area contributed by atoms with Crippen LogP contribution in [0.4, 0.5) is 0 Å². The fraction of sp³-hybridized carbons (Fsp3) is 0.143. The zero-order valence-electron chi connectivity index (χ0n) is 17.2. The van der Waals surface area contributed by atoms with Crippen LogP contribution in [0.3, 0.4) is 0 Å². The van der Waals surface area contributed by atoms with Crippen LogP contribution in [0, 0.1) is 0 Å². The van der Waals surface area contributed by atoms with Gasteiger partial charge >= 0.3 is 186 Å². The third-order valence-corrected chi connectivity index (χ3v) is 17.9. The second kappa shape index (κ2) is 9.25. The second-order valence-corrected chi connectivity index (χ2v) is 23.7. The molecule has 0 spiro atoms. The average molecular weight is 475 g/mol. The summed E-state index contributed by atoms with van der Waals surface area (Å²) in [5.41, 5.74) is 5.39. The summed E-state index contributed by atoms with van der Waals surface area (Å²) >= 11 is -3.50. The summed E-state index contributed by atoms with van der Waals surface area (Å²) < 4.78 is 0. The number of hydrogen-bond donors (Lipinski definition) is 0. The third-order valence-electron chi connectivity index (χ3n) is 5.68. The van der Waals surface area contributed by atoms with Gasteiger partial charge in [0.1, 0.15) is 0 Å². The van der Waals surface area contributed by atoms with Gasteiger partial charge in [-0.2, -0.15) is 0 Å². The minimum atomic E-state index is -3.50. The molecular formula is C28H28AsCl. The second-order valence-electron chi connectivity index (χ2n) is 8.39. The predicted molar refractivity (Wildman–Crippen MR) is 132 cm³/mol. The summed E-state index contributed by atoms with van der Waals surface area (Å²) in [5.74, 6) is 0. The Kier molecular flexibility index (Phi) is 6.47. The molecule has 0 aliphatic carbocycles. The van der Waals surface area contributed by atoms with E-state index in [0.717, 1.165) is 20.8 Å². The maximum atomic E-state index is 8.12. The first kappa shape index (κ1) is 21.0. The molecule has 0 aliphatic rings. The summed E-state index contributed by atoms with van der Waals surface area (Å²) in [4.78, 5) is 0. The van der Waals surface area contributed by atoms with Crippen LogP contribution in [0.1, 0.15) is 22.3 Å². The SMILES string of the molecule is Cl[As](Cc1ccccc1)(Cc1ccccc1)(Cc1ccccc1)Cc1ccccc1. The van der Waals surface area contributed by atoms with Crippen molar-refractivity contribution in [3.63, 3.8) is 0 Å². The summed E-state index contributed by atoms with van der Waals surface area (Å²) in [7, 11) is 8.12. The van der Waals surface area contributed by atoms with E-state index < -0.39 is 11.5 Å². The normalized spacial score (nSPS) is 12.8. The molecule has 0 bridgehead atoms.